The van der Waals surface area contributed by atoms with Crippen LogP contribution in [-0.4, -0.2) is 29.8 Å². The first-order chi connectivity index (χ1) is 8.84. The van der Waals surface area contributed by atoms with E-state index < -0.39 is 5.97 Å². The van der Waals surface area contributed by atoms with Crippen LogP contribution < -0.4 is 5.32 Å². The average Bonchev–Trinajstić information content (AvgIpc) is 2.80. The number of rotatable bonds is 8. The molecule has 0 aliphatic rings. The van der Waals surface area contributed by atoms with Crippen molar-refractivity contribution in [3.63, 3.8) is 0 Å². The monoisotopic (exact) mass is 285 g/mol. The van der Waals surface area contributed by atoms with Crippen molar-refractivity contribution in [2.75, 3.05) is 7.11 Å². The van der Waals surface area contributed by atoms with E-state index in [0.29, 0.717) is 0 Å². The van der Waals surface area contributed by atoms with E-state index in [2.05, 4.69) is 12.2 Å². The predicted octanol–water partition coefficient (Wildman–Crippen LogP) is 3.06. The normalized spacial score (nSPS) is 15.2. The Morgan fingerprint density at radius 1 is 1.58 bits per heavy atom. The third kappa shape index (κ3) is 5.72. The predicted molar refractivity (Wildman–Crippen MR) is 77.6 cm³/mol. The van der Waals surface area contributed by atoms with E-state index in [0.717, 1.165) is 11.3 Å². The van der Waals surface area contributed by atoms with Gasteiger partial charge in [-0.1, -0.05) is 6.07 Å². The SMILES string of the molecule is COC(C)(C)CC(C)NC(CC(=O)O)c1cccs1. The molecule has 0 saturated heterocycles. The number of carboxylic acid groups (broad SMARTS) is 1. The van der Waals surface area contributed by atoms with Crippen molar-refractivity contribution in [3.8, 4) is 0 Å². The molecule has 2 unspecified atom stereocenters. The average molecular weight is 285 g/mol. The van der Waals surface area contributed by atoms with Crippen molar-refractivity contribution in [1.82, 2.24) is 5.32 Å². The van der Waals surface area contributed by atoms with Crippen LogP contribution >= 0.6 is 11.3 Å². The number of methoxy groups -OCH3 is 1. The molecule has 1 rings (SSSR count). The van der Waals surface area contributed by atoms with Gasteiger partial charge in [-0.15, -0.1) is 11.3 Å². The van der Waals surface area contributed by atoms with Gasteiger partial charge in [0, 0.05) is 18.0 Å². The molecule has 0 aromatic carbocycles. The summed E-state index contributed by atoms with van der Waals surface area (Å²) in [5, 5.41) is 14.4. The van der Waals surface area contributed by atoms with Gasteiger partial charge in [0.05, 0.1) is 18.1 Å². The minimum atomic E-state index is -0.788. The zero-order chi connectivity index (χ0) is 14.5. The zero-order valence-electron chi connectivity index (χ0n) is 12.0. The van der Waals surface area contributed by atoms with Gasteiger partial charge < -0.3 is 15.2 Å². The maximum atomic E-state index is 11.0. The number of thiophene rings is 1. The van der Waals surface area contributed by atoms with Gasteiger partial charge in [-0.05, 0) is 38.6 Å². The third-order valence-corrected chi connectivity index (χ3v) is 4.09. The molecular formula is C14H23NO3S. The summed E-state index contributed by atoms with van der Waals surface area (Å²) in [6.45, 7) is 6.12. The number of hydrogen-bond acceptors (Lipinski definition) is 4. The second-order valence-electron chi connectivity index (χ2n) is 5.40. The minimum Gasteiger partial charge on any atom is -0.481 e. The van der Waals surface area contributed by atoms with Gasteiger partial charge in [0.1, 0.15) is 0 Å². The molecular weight excluding hydrogens is 262 g/mol. The Morgan fingerprint density at radius 2 is 2.26 bits per heavy atom. The van der Waals surface area contributed by atoms with Crippen LogP contribution in [0.5, 0.6) is 0 Å². The molecule has 0 radical (unpaired) electrons. The smallest absolute Gasteiger partial charge is 0.305 e. The molecule has 1 aromatic rings. The summed E-state index contributed by atoms with van der Waals surface area (Å²) < 4.78 is 5.41. The maximum Gasteiger partial charge on any atom is 0.305 e. The van der Waals surface area contributed by atoms with Crippen molar-refractivity contribution in [1.29, 1.82) is 0 Å². The number of nitrogens with one attached hydrogen (secondary N) is 1. The zero-order valence-corrected chi connectivity index (χ0v) is 12.8. The molecule has 2 N–H and O–H groups in total. The summed E-state index contributed by atoms with van der Waals surface area (Å²) in [7, 11) is 1.70. The van der Waals surface area contributed by atoms with Crippen LogP contribution in [0.1, 0.15) is 44.5 Å². The Bertz CT molecular complexity index is 389. The lowest BCUT2D eigenvalue weighted by molar-refractivity contribution is -0.137. The standard InChI is InChI=1S/C14H23NO3S/c1-10(9-14(2,3)18-4)15-11(8-13(16)17)12-6-5-7-19-12/h5-7,10-11,15H,8-9H2,1-4H3,(H,16,17). The highest BCUT2D eigenvalue weighted by molar-refractivity contribution is 7.10. The van der Waals surface area contributed by atoms with E-state index >= 15 is 0 Å². The molecule has 0 fully saturated rings. The molecule has 4 nitrogen and oxygen atoms in total. The van der Waals surface area contributed by atoms with Crippen molar-refractivity contribution in [2.45, 2.75) is 51.3 Å². The van der Waals surface area contributed by atoms with E-state index in [9.17, 15) is 4.79 Å². The largest absolute Gasteiger partial charge is 0.481 e. The summed E-state index contributed by atoms with van der Waals surface area (Å²) in [6, 6.07) is 3.96. The molecule has 0 aliphatic carbocycles. The topological polar surface area (TPSA) is 58.6 Å². The van der Waals surface area contributed by atoms with Crippen molar-refractivity contribution in [3.05, 3.63) is 22.4 Å². The van der Waals surface area contributed by atoms with Crippen LogP contribution in [0.15, 0.2) is 17.5 Å². The van der Waals surface area contributed by atoms with E-state index in [-0.39, 0.29) is 24.1 Å². The Morgan fingerprint density at radius 3 is 2.74 bits per heavy atom. The molecule has 5 heteroatoms. The van der Waals surface area contributed by atoms with Gasteiger partial charge in [0.15, 0.2) is 0 Å². The fourth-order valence-electron chi connectivity index (χ4n) is 2.13. The van der Waals surface area contributed by atoms with Crippen molar-refractivity contribution in [2.24, 2.45) is 0 Å². The second-order valence-corrected chi connectivity index (χ2v) is 6.38. The number of carbonyl (C=O) groups is 1. The van der Waals surface area contributed by atoms with E-state index in [1.54, 1.807) is 18.4 Å². The fourth-order valence-corrected chi connectivity index (χ4v) is 2.92. The first-order valence-corrected chi connectivity index (χ1v) is 7.28. The van der Waals surface area contributed by atoms with Crippen LogP contribution in [0.2, 0.25) is 0 Å². The Labute approximate surface area is 118 Å². The summed E-state index contributed by atoms with van der Waals surface area (Å²) in [5.74, 6) is -0.788. The van der Waals surface area contributed by atoms with Gasteiger partial charge in [-0.3, -0.25) is 4.79 Å². The fraction of sp³-hybridized carbons (Fsp3) is 0.643. The number of carboxylic acids is 1. The van der Waals surface area contributed by atoms with E-state index in [4.69, 9.17) is 9.84 Å². The van der Waals surface area contributed by atoms with Gasteiger partial charge in [-0.2, -0.15) is 0 Å². The van der Waals surface area contributed by atoms with Crippen LogP contribution in [0.3, 0.4) is 0 Å². The van der Waals surface area contributed by atoms with Crippen LogP contribution in [0, 0.1) is 0 Å². The molecule has 1 aromatic heterocycles. The Hall–Kier alpha value is -0.910. The van der Waals surface area contributed by atoms with Gasteiger partial charge in [-0.25, -0.2) is 0 Å². The molecule has 1 heterocycles. The molecule has 2 atom stereocenters. The van der Waals surface area contributed by atoms with E-state index in [1.165, 1.54) is 0 Å². The first kappa shape index (κ1) is 16.1. The van der Waals surface area contributed by atoms with Gasteiger partial charge >= 0.3 is 5.97 Å². The van der Waals surface area contributed by atoms with Gasteiger partial charge in [0.25, 0.3) is 0 Å². The minimum absolute atomic E-state index is 0.0955. The number of ether oxygens (including phenoxy) is 1. The molecule has 108 valence electrons. The molecule has 0 bridgehead atoms. The summed E-state index contributed by atoms with van der Waals surface area (Å²) in [5.41, 5.74) is -0.213. The quantitative estimate of drug-likeness (QED) is 0.770. The summed E-state index contributed by atoms with van der Waals surface area (Å²) >= 11 is 1.58. The maximum absolute atomic E-state index is 11.0. The number of aliphatic carboxylic acids is 1. The highest BCUT2D eigenvalue weighted by atomic mass is 32.1. The lowest BCUT2D eigenvalue weighted by Crippen LogP contribution is -2.38. The van der Waals surface area contributed by atoms with Crippen molar-refractivity contribution >= 4 is 17.3 Å². The molecule has 0 aliphatic heterocycles. The van der Waals surface area contributed by atoms with Crippen LogP contribution in [0.25, 0.3) is 0 Å². The Kier molecular flexibility index (Phi) is 5.97. The lowest BCUT2D eigenvalue weighted by atomic mass is 9.98. The van der Waals surface area contributed by atoms with Crippen molar-refractivity contribution < 1.29 is 14.6 Å². The van der Waals surface area contributed by atoms with Crippen LogP contribution in [-0.2, 0) is 9.53 Å². The first-order valence-electron chi connectivity index (χ1n) is 6.40. The van der Waals surface area contributed by atoms with Gasteiger partial charge in [0.2, 0.25) is 0 Å². The molecule has 0 spiro atoms. The second kappa shape index (κ2) is 7.03. The summed E-state index contributed by atoms with van der Waals surface area (Å²) in [6.07, 6.45) is 0.920. The number of hydrogen-bond donors (Lipinski definition) is 2. The van der Waals surface area contributed by atoms with Crippen LogP contribution in [0.4, 0.5) is 0 Å². The molecule has 0 amide bonds. The van der Waals surface area contributed by atoms with E-state index in [1.807, 2.05) is 31.4 Å². The molecule has 19 heavy (non-hydrogen) atoms. The Balaban J connectivity index is 2.65. The highest BCUT2D eigenvalue weighted by Gasteiger charge is 2.24. The summed E-state index contributed by atoms with van der Waals surface area (Å²) in [4.78, 5) is 12.0. The highest BCUT2D eigenvalue weighted by Crippen LogP contribution is 2.24. The third-order valence-electron chi connectivity index (χ3n) is 3.10. The lowest BCUT2D eigenvalue weighted by Gasteiger charge is -2.29. The molecule has 0 saturated carbocycles.